The Morgan fingerprint density at radius 2 is 2.00 bits per heavy atom. The molecule has 0 aromatic heterocycles. The van der Waals surface area contributed by atoms with Crippen LogP contribution >= 0.6 is 11.6 Å². The van der Waals surface area contributed by atoms with E-state index in [-0.39, 0.29) is 12.2 Å². The number of rotatable bonds is 2. The summed E-state index contributed by atoms with van der Waals surface area (Å²) in [6.45, 7) is 5.68. The van der Waals surface area contributed by atoms with Crippen LogP contribution in [0.3, 0.4) is 0 Å². The van der Waals surface area contributed by atoms with Crippen molar-refractivity contribution in [2.45, 2.75) is 26.1 Å². The molecule has 0 N–H and O–H groups in total. The second-order valence-corrected chi connectivity index (χ2v) is 4.92. The van der Waals surface area contributed by atoms with Crippen molar-refractivity contribution in [2.75, 3.05) is 18.0 Å². The Bertz CT molecular complexity index is 412. The van der Waals surface area contributed by atoms with E-state index in [0.717, 1.165) is 25.1 Å². The van der Waals surface area contributed by atoms with E-state index in [1.54, 1.807) is 6.07 Å². The fourth-order valence-corrected chi connectivity index (χ4v) is 2.46. The van der Waals surface area contributed by atoms with Gasteiger partial charge < -0.3 is 9.64 Å². The van der Waals surface area contributed by atoms with Crippen LogP contribution in [0, 0.1) is 0 Å². The summed E-state index contributed by atoms with van der Waals surface area (Å²) < 4.78 is 5.68. The van der Waals surface area contributed by atoms with Crippen LogP contribution in [0.2, 0.25) is 5.02 Å². The van der Waals surface area contributed by atoms with Gasteiger partial charge in [0.05, 0.1) is 12.2 Å². The van der Waals surface area contributed by atoms with E-state index in [2.05, 4.69) is 4.90 Å². The molecule has 1 aliphatic rings. The highest BCUT2D eigenvalue weighted by molar-refractivity contribution is 6.31. The average Bonchev–Trinajstić information content (AvgIpc) is 2.27. The molecular formula is C13H16ClNO2. The lowest BCUT2D eigenvalue weighted by Gasteiger charge is -2.37. The maximum absolute atomic E-state index is 11.1. The molecule has 0 spiro atoms. The summed E-state index contributed by atoms with van der Waals surface area (Å²) in [5.41, 5.74) is 1.57. The average molecular weight is 254 g/mol. The Hall–Kier alpha value is -1.06. The highest BCUT2D eigenvalue weighted by atomic mass is 35.5. The first-order valence-corrected chi connectivity index (χ1v) is 6.13. The SMILES string of the molecule is CC1CN(c2ccc(Cl)cc2C=O)CC(C)O1. The molecule has 17 heavy (non-hydrogen) atoms. The van der Waals surface area contributed by atoms with Gasteiger partial charge in [-0.15, -0.1) is 0 Å². The number of ether oxygens (including phenoxy) is 1. The zero-order valence-electron chi connectivity index (χ0n) is 10.0. The minimum absolute atomic E-state index is 0.175. The normalized spacial score (nSPS) is 24.8. The van der Waals surface area contributed by atoms with Gasteiger partial charge in [0, 0.05) is 29.4 Å². The van der Waals surface area contributed by atoms with E-state index >= 15 is 0 Å². The number of aldehydes is 1. The van der Waals surface area contributed by atoms with Crippen LogP contribution in [0.5, 0.6) is 0 Å². The third kappa shape index (κ3) is 2.79. The van der Waals surface area contributed by atoms with Crippen molar-refractivity contribution in [2.24, 2.45) is 0 Å². The van der Waals surface area contributed by atoms with Crippen LogP contribution < -0.4 is 4.90 Å². The monoisotopic (exact) mass is 253 g/mol. The molecule has 1 fully saturated rings. The van der Waals surface area contributed by atoms with Crippen molar-refractivity contribution in [1.29, 1.82) is 0 Å². The summed E-state index contributed by atoms with van der Waals surface area (Å²) in [4.78, 5) is 13.2. The fourth-order valence-electron chi connectivity index (χ4n) is 2.28. The van der Waals surface area contributed by atoms with Gasteiger partial charge in [0.15, 0.2) is 6.29 Å². The van der Waals surface area contributed by atoms with Crippen LogP contribution in [0.1, 0.15) is 24.2 Å². The van der Waals surface area contributed by atoms with Crippen molar-refractivity contribution in [3.8, 4) is 0 Å². The number of anilines is 1. The lowest BCUT2D eigenvalue weighted by molar-refractivity contribution is -0.00525. The van der Waals surface area contributed by atoms with Crippen LogP contribution in [-0.4, -0.2) is 31.6 Å². The molecule has 2 unspecified atom stereocenters. The highest BCUT2D eigenvalue weighted by Crippen LogP contribution is 2.26. The number of hydrogen-bond donors (Lipinski definition) is 0. The van der Waals surface area contributed by atoms with E-state index in [4.69, 9.17) is 16.3 Å². The van der Waals surface area contributed by atoms with Gasteiger partial charge in [-0.25, -0.2) is 0 Å². The molecule has 92 valence electrons. The maximum atomic E-state index is 11.1. The van der Waals surface area contributed by atoms with Crippen LogP contribution in [0.15, 0.2) is 18.2 Å². The lowest BCUT2D eigenvalue weighted by atomic mass is 10.1. The van der Waals surface area contributed by atoms with Gasteiger partial charge in [0.1, 0.15) is 0 Å². The zero-order valence-corrected chi connectivity index (χ0v) is 10.8. The van der Waals surface area contributed by atoms with Crippen molar-refractivity contribution < 1.29 is 9.53 Å². The molecule has 1 aliphatic heterocycles. The van der Waals surface area contributed by atoms with Crippen molar-refractivity contribution in [3.05, 3.63) is 28.8 Å². The molecule has 1 aromatic carbocycles. The van der Waals surface area contributed by atoms with Gasteiger partial charge in [-0.05, 0) is 32.0 Å². The molecule has 2 atom stereocenters. The summed E-state index contributed by atoms with van der Waals surface area (Å²) >= 11 is 5.89. The second kappa shape index (κ2) is 5.07. The van der Waals surface area contributed by atoms with Gasteiger partial charge in [0.2, 0.25) is 0 Å². The van der Waals surface area contributed by atoms with Gasteiger partial charge >= 0.3 is 0 Å². The Balaban J connectivity index is 2.29. The van der Waals surface area contributed by atoms with Crippen LogP contribution in [0.4, 0.5) is 5.69 Å². The molecule has 1 saturated heterocycles. The number of benzene rings is 1. The van der Waals surface area contributed by atoms with Crippen molar-refractivity contribution >= 4 is 23.6 Å². The largest absolute Gasteiger partial charge is 0.372 e. The fraction of sp³-hybridized carbons (Fsp3) is 0.462. The van der Waals surface area contributed by atoms with E-state index in [1.165, 1.54) is 0 Å². The molecule has 0 aliphatic carbocycles. The van der Waals surface area contributed by atoms with Crippen LogP contribution in [0.25, 0.3) is 0 Å². The summed E-state index contributed by atoms with van der Waals surface area (Å²) in [6, 6.07) is 5.42. The predicted molar refractivity (Wildman–Crippen MR) is 69.1 cm³/mol. The van der Waals surface area contributed by atoms with Crippen molar-refractivity contribution in [1.82, 2.24) is 0 Å². The highest BCUT2D eigenvalue weighted by Gasteiger charge is 2.23. The summed E-state index contributed by atoms with van der Waals surface area (Å²) in [6.07, 6.45) is 1.20. The number of morpholine rings is 1. The van der Waals surface area contributed by atoms with Gasteiger partial charge in [-0.3, -0.25) is 4.79 Å². The quantitative estimate of drug-likeness (QED) is 0.759. The second-order valence-electron chi connectivity index (χ2n) is 4.48. The third-order valence-corrected chi connectivity index (χ3v) is 3.11. The molecule has 3 nitrogen and oxygen atoms in total. The molecule has 2 rings (SSSR count). The van der Waals surface area contributed by atoms with Crippen molar-refractivity contribution in [3.63, 3.8) is 0 Å². The zero-order chi connectivity index (χ0) is 12.4. The molecule has 4 heteroatoms. The molecule has 0 amide bonds. The van der Waals surface area contributed by atoms with Gasteiger partial charge in [-0.2, -0.15) is 0 Å². The van der Waals surface area contributed by atoms with E-state index in [0.29, 0.717) is 10.6 Å². The minimum Gasteiger partial charge on any atom is -0.372 e. The smallest absolute Gasteiger partial charge is 0.152 e. The predicted octanol–water partition coefficient (Wildman–Crippen LogP) is 2.77. The van der Waals surface area contributed by atoms with E-state index in [1.807, 2.05) is 26.0 Å². The summed E-state index contributed by atoms with van der Waals surface area (Å²) in [5, 5.41) is 0.588. The first-order chi connectivity index (χ1) is 8.10. The Labute approximate surface area is 106 Å². The third-order valence-electron chi connectivity index (χ3n) is 2.88. The Morgan fingerprint density at radius 1 is 1.35 bits per heavy atom. The topological polar surface area (TPSA) is 29.5 Å². The van der Waals surface area contributed by atoms with E-state index in [9.17, 15) is 4.79 Å². The van der Waals surface area contributed by atoms with Gasteiger partial charge in [0.25, 0.3) is 0 Å². The lowest BCUT2D eigenvalue weighted by Crippen LogP contribution is -2.45. The molecule has 1 heterocycles. The summed E-state index contributed by atoms with van der Waals surface area (Å²) in [7, 11) is 0. The number of carbonyl (C=O) groups is 1. The number of nitrogens with zero attached hydrogens (tertiary/aromatic N) is 1. The van der Waals surface area contributed by atoms with Gasteiger partial charge in [-0.1, -0.05) is 11.6 Å². The number of carbonyl (C=O) groups excluding carboxylic acids is 1. The molecule has 0 radical (unpaired) electrons. The standard InChI is InChI=1S/C13H16ClNO2/c1-9-6-15(7-10(2)17-9)13-4-3-12(14)5-11(13)8-16/h3-5,8-10H,6-7H2,1-2H3. The Morgan fingerprint density at radius 3 is 2.59 bits per heavy atom. The number of hydrogen-bond acceptors (Lipinski definition) is 3. The van der Waals surface area contributed by atoms with E-state index < -0.39 is 0 Å². The first-order valence-electron chi connectivity index (χ1n) is 5.75. The minimum atomic E-state index is 0.175. The maximum Gasteiger partial charge on any atom is 0.152 e. The van der Waals surface area contributed by atoms with Crippen LogP contribution in [-0.2, 0) is 4.74 Å². The molecule has 0 bridgehead atoms. The number of halogens is 1. The molecule has 0 saturated carbocycles. The summed E-state index contributed by atoms with van der Waals surface area (Å²) in [5.74, 6) is 0. The molecule has 1 aromatic rings. The molecular weight excluding hydrogens is 238 g/mol. The first kappa shape index (κ1) is 12.4. The Kier molecular flexibility index (Phi) is 3.69.